The molecule has 4 nitrogen and oxygen atoms in total. The lowest BCUT2D eigenvalue weighted by Gasteiger charge is -2.17. The Labute approximate surface area is 111 Å². The van der Waals surface area contributed by atoms with Gasteiger partial charge in [0.25, 0.3) is 5.91 Å². The van der Waals surface area contributed by atoms with Crippen molar-refractivity contribution in [3.8, 4) is 0 Å². The molecule has 0 fully saturated rings. The van der Waals surface area contributed by atoms with E-state index in [9.17, 15) is 4.79 Å². The second-order valence-electron chi connectivity index (χ2n) is 3.64. The number of likely N-dealkylation sites (N-methyl/N-ethyl adjacent to an activating group) is 1. The van der Waals surface area contributed by atoms with Crippen LogP contribution in [0.2, 0.25) is 0 Å². The van der Waals surface area contributed by atoms with Crippen LogP contribution in [0.25, 0.3) is 0 Å². The number of amides is 1. The van der Waals surface area contributed by atoms with Crippen LogP contribution < -0.4 is 5.32 Å². The van der Waals surface area contributed by atoms with E-state index in [2.05, 4.69) is 45.0 Å². The number of nitrogens with zero attached hydrogens (tertiary/aromatic N) is 2. The predicted molar refractivity (Wildman–Crippen MR) is 72.1 cm³/mol. The molecule has 0 aliphatic rings. The first-order chi connectivity index (χ1) is 8.17. The highest BCUT2D eigenvalue weighted by molar-refractivity contribution is 9.10. The quantitative estimate of drug-likeness (QED) is 0.873. The number of pyridine rings is 1. The standard InChI is InChI=1S/C12H18BrN3O/c1-3-16(4-2)8-7-15-12(17)11-9-10(13)5-6-14-11/h5-6,9H,3-4,7-8H2,1-2H3,(H,15,17). The summed E-state index contributed by atoms with van der Waals surface area (Å²) in [6, 6.07) is 3.51. The third-order valence-electron chi connectivity index (χ3n) is 2.56. The summed E-state index contributed by atoms with van der Waals surface area (Å²) in [4.78, 5) is 18.0. The van der Waals surface area contributed by atoms with E-state index in [1.54, 1.807) is 18.3 Å². The second kappa shape index (κ2) is 7.40. The number of aromatic nitrogens is 1. The van der Waals surface area contributed by atoms with Crippen LogP contribution in [-0.2, 0) is 0 Å². The third-order valence-corrected chi connectivity index (χ3v) is 3.06. The molecule has 0 aliphatic heterocycles. The Morgan fingerprint density at radius 1 is 1.47 bits per heavy atom. The van der Waals surface area contributed by atoms with Crippen molar-refractivity contribution in [3.63, 3.8) is 0 Å². The average molecular weight is 300 g/mol. The molecule has 17 heavy (non-hydrogen) atoms. The monoisotopic (exact) mass is 299 g/mol. The summed E-state index contributed by atoms with van der Waals surface area (Å²) in [5, 5.41) is 2.86. The molecule has 0 radical (unpaired) electrons. The zero-order chi connectivity index (χ0) is 12.7. The van der Waals surface area contributed by atoms with E-state index in [-0.39, 0.29) is 5.91 Å². The summed E-state index contributed by atoms with van der Waals surface area (Å²) >= 11 is 3.32. The van der Waals surface area contributed by atoms with Crippen molar-refractivity contribution in [2.45, 2.75) is 13.8 Å². The summed E-state index contributed by atoms with van der Waals surface area (Å²) in [6.45, 7) is 7.74. The maximum atomic E-state index is 11.7. The molecule has 0 spiro atoms. The van der Waals surface area contributed by atoms with Crippen molar-refractivity contribution in [2.24, 2.45) is 0 Å². The molecule has 94 valence electrons. The van der Waals surface area contributed by atoms with Crippen molar-refractivity contribution >= 4 is 21.8 Å². The minimum absolute atomic E-state index is 0.126. The lowest BCUT2D eigenvalue weighted by Crippen LogP contribution is -2.35. The average Bonchev–Trinajstić information content (AvgIpc) is 2.34. The van der Waals surface area contributed by atoms with Crippen LogP contribution in [0.15, 0.2) is 22.8 Å². The van der Waals surface area contributed by atoms with Crippen LogP contribution in [0, 0.1) is 0 Å². The number of rotatable bonds is 6. The molecule has 1 amide bonds. The van der Waals surface area contributed by atoms with Crippen molar-refractivity contribution < 1.29 is 4.79 Å². The first-order valence-corrected chi connectivity index (χ1v) is 6.58. The summed E-state index contributed by atoms with van der Waals surface area (Å²) in [5.74, 6) is -0.126. The molecule has 1 heterocycles. The Morgan fingerprint density at radius 2 is 2.18 bits per heavy atom. The fraction of sp³-hybridized carbons (Fsp3) is 0.500. The van der Waals surface area contributed by atoms with Crippen LogP contribution >= 0.6 is 15.9 Å². The highest BCUT2D eigenvalue weighted by atomic mass is 79.9. The molecule has 0 saturated carbocycles. The highest BCUT2D eigenvalue weighted by Gasteiger charge is 2.07. The smallest absolute Gasteiger partial charge is 0.269 e. The number of hydrogen-bond acceptors (Lipinski definition) is 3. The first kappa shape index (κ1) is 14.1. The topological polar surface area (TPSA) is 45.2 Å². The van der Waals surface area contributed by atoms with Gasteiger partial charge in [0.1, 0.15) is 5.69 Å². The zero-order valence-corrected chi connectivity index (χ0v) is 11.8. The zero-order valence-electron chi connectivity index (χ0n) is 10.2. The summed E-state index contributed by atoms with van der Waals surface area (Å²) in [7, 11) is 0. The summed E-state index contributed by atoms with van der Waals surface area (Å²) < 4.78 is 0.862. The van der Waals surface area contributed by atoms with E-state index in [0.717, 1.165) is 24.1 Å². The van der Waals surface area contributed by atoms with Crippen molar-refractivity contribution in [1.82, 2.24) is 15.2 Å². The first-order valence-electron chi connectivity index (χ1n) is 5.79. The molecule has 1 aromatic rings. The lowest BCUT2D eigenvalue weighted by molar-refractivity contribution is 0.0944. The van der Waals surface area contributed by atoms with Crippen LogP contribution in [0.1, 0.15) is 24.3 Å². The van der Waals surface area contributed by atoms with Gasteiger partial charge in [0, 0.05) is 23.8 Å². The van der Waals surface area contributed by atoms with Crippen LogP contribution in [0.4, 0.5) is 0 Å². The Hall–Kier alpha value is -0.940. The molecule has 0 aromatic carbocycles. The Morgan fingerprint density at radius 3 is 2.76 bits per heavy atom. The van der Waals surface area contributed by atoms with E-state index in [0.29, 0.717) is 12.2 Å². The predicted octanol–water partition coefficient (Wildman–Crippen LogP) is 1.92. The van der Waals surface area contributed by atoms with Gasteiger partial charge in [-0.25, -0.2) is 0 Å². The van der Waals surface area contributed by atoms with E-state index in [1.165, 1.54) is 0 Å². The van der Waals surface area contributed by atoms with Gasteiger partial charge in [-0.3, -0.25) is 9.78 Å². The molecule has 0 bridgehead atoms. The van der Waals surface area contributed by atoms with Gasteiger partial charge in [-0.15, -0.1) is 0 Å². The number of halogens is 1. The van der Waals surface area contributed by atoms with E-state index < -0.39 is 0 Å². The van der Waals surface area contributed by atoms with Gasteiger partial charge in [0.2, 0.25) is 0 Å². The fourth-order valence-corrected chi connectivity index (χ4v) is 1.82. The highest BCUT2D eigenvalue weighted by Crippen LogP contribution is 2.08. The molecule has 0 atom stereocenters. The number of carbonyl (C=O) groups excluding carboxylic acids is 1. The van der Waals surface area contributed by atoms with Gasteiger partial charge in [-0.05, 0) is 25.2 Å². The normalized spacial score (nSPS) is 10.6. The number of carbonyl (C=O) groups is 1. The fourth-order valence-electron chi connectivity index (χ4n) is 1.49. The van der Waals surface area contributed by atoms with Crippen molar-refractivity contribution in [2.75, 3.05) is 26.2 Å². The van der Waals surface area contributed by atoms with Crippen LogP contribution in [0.3, 0.4) is 0 Å². The minimum atomic E-state index is -0.126. The second-order valence-corrected chi connectivity index (χ2v) is 4.56. The van der Waals surface area contributed by atoms with Gasteiger partial charge in [-0.1, -0.05) is 29.8 Å². The molecule has 5 heteroatoms. The van der Waals surface area contributed by atoms with E-state index in [4.69, 9.17) is 0 Å². The molecule has 1 rings (SSSR count). The van der Waals surface area contributed by atoms with E-state index >= 15 is 0 Å². The molecule has 0 unspecified atom stereocenters. The maximum absolute atomic E-state index is 11.7. The lowest BCUT2D eigenvalue weighted by atomic mass is 10.3. The van der Waals surface area contributed by atoms with Crippen LogP contribution in [-0.4, -0.2) is 42.0 Å². The van der Waals surface area contributed by atoms with Gasteiger partial charge in [0.05, 0.1) is 0 Å². The molecule has 0 aliphatic carbocycles. The molecular weight excluding hydrogens is 282 g/mol. The van der Waals surface area contributed by atoms with E-state index in [1.807, 2.05) is 0 Å². The van der Waals surface area contributed by atoms with Gasteiger partial charge >= 0.3 is 0 Å². The summed E-state index contributed by atoms with van der Waals surface area (Å²) in [5.41, 5.74) is 0.443. The molecule has 1 aromatic heterocycles. The molecular formula is C12H18BrN3O. The number of nitrogens with one attached hydrogen (secondary N) is 1. The number of hydrogen-bond donors (Lipinski definition) is 1. The Bertz CT molecular complexity index is 367. The Balaban J connectivity index is 2.40. The van der Waals surface area contributed by atoms with Gasteiger partial charge in [-0.2, -0.15) is 0 Å². The third kappa shape index (κ3) is 4.83. The van der Waals surface area contributed by atoms with Gasteiger partial charge in [0.15, 0.2) is 0 Å². The Kier molecular flexibility index (Phi) is 6.15. The van der Waals surface area contributed by atoms with Crippen molar-refractivity contribution in [1.29, 1.82) is 0 Å². The minimum Gasteiger partial charge on any atom is -0.349 e. The van der Waals surface area contributed by atoms with Crippen molar-refractivity contribution in [3.05, 3.63) is 28.5 Å². The summed E-state index contributed by atoms with van der Waals surface area (Å²) in [6.07, 6.45) is 1.61. The van der Waals surface area contributed by atoms with Gasteiger partial charge < -0.3 is 10.2 Å². The molecule has 1 N–H and O–H groups in total. The SMILES string of the molecule is CCN(CC)CCNC(=O)c1cc(Br)ccn1. The largest absolute Gasteiger partial charge is 0.349 e. The molecule has 0 saturated heterocycles. The maximum Gasteiger partial charge on any atom is 0.269 e. The van der Waals surface area contributed by atoms with Crippen LogP contribution in [0.5, 0.6) is 0 Å².